The molecular formula is C18H23F3N2O3S. The van der Waals surface area contributed by atoms with E-state index in [1.165, 1.54) is 12.1 Å². The summed E-state index contributed by atoms with van der Waals surface area (Å²) in [7, 11) is -3.30. The first-order valence-corrected chi connectivity index (χ1v) is 10.7. The molecule has 1 aromatic carbocycles. The van der Waals surface area contributed by atoms with Crippen LogP contribution in [0.4, 0.5) is 13.2 Å². The molecule has 0 unspecified atom stereocenters. The quantitative estimate of drug-likeness (QED) is 0.821. The number of benzene rings is 1. The van der Waals surface area contributed by atoms with Crippen molar-refractivity contribution in [1.82, 2.24) is 9.62 Å². The van der Waals surface area contributed by atoms with Crippen molar-refractivity contribution < 1.29 is 26.4 Å². The van der Waals surface area contributed by atoms with Crippen LogP contribution >= 0.6 is 0 Å². The first-order chi connectivity index (χ1) is 12.5. The highest BCUT2D eigenvalue weighted by Gasteiger charge is 2.50. The summed E-state index contributed by atoms with van der Waals surface area (Å²) < 4.78 is 63.4. The van der Waals surface area contributed by atoms with E-state index in [9.17, 15) is 26.4 Å². The van der Waals surface area contributed by atoms with E-state index in [2.05, 4.69) is 4.72 Å². The number of halogens is 3. The van der Waals surface area contributed by atoms with Crippen LogP contribution in [0, 0.1) is 17.8 Å². The van der Waals surface area contributed by atoms with Crippen molar-refractivity contribution in [3.05, 3.63) is 35.4 Å². The van der Waals surface area contributed by atoms with Crippen molar-refractivity contribution in [3.8, 4) is 0 Å². The van der Waals surface area contributed by atoms with E-state index in [4.69, 9.17) is 0 Å². The molecule has 1 amide bonds. The molecule has 5 nitrogen and oxygen atoms in total. The van der Waals surface area contributed by atoms with Crippen molar-refractivity contribution in [3.63, 3.8) is 0 Å². The summed E-state index contributed by atoms with van der Waals surface area (Å²) in [5.74, 6) is 0.376. The fourth-order valence-corrected chi connectivity index (χ4v) is 4.88. The number of carbonyl (C=O) groups is 1. The summed E-state index contributed by atoms with van der Waals surface area (Å²) in [5, 5.41) is 0. The van der Waals surface area contributed by atoms with Crippen LogP contribution in [0.2, 0.25) is 0 Å². The number of carbonyl (C=O) groups excluding carboxylic acids is 1. The van der Waals surface area contributed by atoms with Crippen molar-refractivity contribution >= 4 is 15.9 Å². The van der Waals surface area contributed by atoms with Gasteiger partial charge in [-0.1, -0.05) is 19.1 Å². The minimum absolute atomic E-state index is 0.00107. The molecule has 2 fully saturated rings. The first-order valence-electron chi connectivity index (χ1n) is 8.86. The second-order valence-corrected chi connectivity index (χ2v) is 9.48. The van der Waals surface area contributed by atoms with Crippen LogP contribution in [0.5, 0.6) is 0 Å². The molecule has 1 aliphatic heterocycles. The Kier molecular flexibility index (Phi) is 5.28. The molecule has 1 saturated heterocycles. The molecule has 2 aliphatic rings. The van der Waals surface area contributed by atoms with E-state index < -0.39 is 21.8 Å². The molecule has 27 heavy (non-hydrogen) atoms. The number of alkyl halides is 3. The summed E-state index contributed by atoms with van der Waals surface area (Å²) in [6.45, 7) is 2.63. The van der Waals surface area contributed by atoms with Gasteiger partial charge in [0.2, 0.25) is 15.9 Å². The highest BCUT2D eigenvalue weighted by molar-refractivity contribution is 7.88. The average molecular weight is 404 g/mol. The number of nitrogens with one attached hydrogen (secondary N) is 1. The lowest BCUT2D eigenvalue weighted by Crippen LogP contribution is -2.34. The van der Waals surface area contributed by atoms with Gasteiger partial charge in [-0.05, 0) is 41.9 Å². The SMILES string of the molecule is C[C@H]1C[C@@H]2[C@@H](CC(=O)N2Cc2ccc(C(F)(F)F)cc2)[C@@H]1CNS(C)(=O)=O. The van der Waals surface area contributed by atoms with Gasteiger partial charge < -0.3 is 4.90 Å². The third kappa shape index (κ3) is 4.45. The molecule has 1 aliphatic carbocycles. The smallest absolute Gasteiger partial charge is 0.335 e. The van der Waals surface area contributed by atoms with Gasteiger partial charge in [-0.15, -0.1) is 0 Å². The predicted molar refractivity (Wildman–Crippen MR) is 94.0 cm³/mol. The Morgan fingerprint density at radius 2 is 1.85 bits per heavy atom. The third-order valence-corrected chi connectivity index (χ3v) is 6.43. The molecule has 9 heteroatoms. The van der Waals surface area contributed by atoms with Gasteiger partial charge in [0.05, 0.1) is 11.8 Å². The van der Waals surface area contributed by atoms with Gasteiger partial charge in [0.1, 0.15) is 0 Å². The Bertz CT molecular complexity index is 808. The molecule has 0 spiro atoms. The Morgan fingerprint density at radius 3 is 2.41 bits per heavy atom. The van der Waals surface area contributed by atoms with E-state index in [0.717, 1.165) is 24.8 Å². The molecule has 0 aromatic heterocycles. The lowest BCUT2D eigenvalue weighted by molar-refractivity contribution is -0.137. The van der Waals surface area contributed by atoms with Crippen LogP contribution in [0.3, 0.4) is 0 Å². The van der Waals surface area contributed by atoms with Gasteiger partial charge in [0.25, 0.3) is 0 Å². The van der Waals surface area contributed by atoms with Crippen LogP contribution < -0.4 is 4.72 Å². The van der Waals surface area contributed by atoms with E-state index in [-0.39, 0.29) is 36.2 Å². The minimum Gasteiger partial charge on any atom is -0.335 e. The van der Waals surface area contributed by atoms with Gasteiger partial charge in [0.15, 0.2) is 0 Å². The fraction of sp³-hybridized carbons (Fsp3) is 0.611. The third-order valence-electron chi connectivity index (χ3n) is 5.73. The summed E-state index contributed by atoms with van der Waals surface area (Å²) >= 11 is 0. The molecule has 150 valence electrons. The van der Waals surface area contributed by atoms with Crippen LogP contribution in [0.25, 0.3) is 0 Å². The highest BCUT2D eigenvalue weighted by atomic mass is 32.2. The van der Waals surface area contributed by atoms with Gasteiger partial charge in [0, 0.05) is 25.6 Å². The lowest BCUT2D eigenvalue weighted by Gasteiger charge is -2.25. The molecule has 1 saturated carbocycles. The van der Waals surface area contributed by atoms with Gasteiger partial charge >= 0.3 is 6.18 Å². The molecular weight excluding hydrogens is 381 g/mol. The van der Waals surface area contributed by atoms with Gasteiger partial charge in [-0.2, -0.15) is 13.2 Å². The average Bonchev–Trinajstić information content (AvgIpc) is 2.99. The second kappa shape index (κ2) is 7.09. The largest absolute Gasteiger partial charge is 0.416 e. The fourth-order valence-electron chi connectivity index (χ4n) is 4.39. The van der Waals surface area contributed by atoms with Crippen molar-refractivity contribution in [2.24, 2.45) is 17.8 Å². The topological polar surface area (TPSA) is 66.5 Å². The zero-order valence-corrected chi connectivity index (χ0v) is 16.0. The van der Waals surface area contributed by atoms with E-state index >= 15 is 0 Å². The maximum absolute atomic E-state index is 12.7. The second-order valence-electron chi connectivity index (χ2n) is 7.65. The number of nitrogens with zero attached hydrogens (tertiary/aromatic N) is 1. The Morgan fingerprint density at radius 1 is 1.22 bits per heavy atom. The monoisotopic (exact) mass is 404 g/mol. The Labute approximate surface area is 157 Å². The zero-order valence-electron chi connectivity index (χ0n) is 15.2. The number of fused-ring (bicyclic) bond motifs is 1. The number of rotatable bonds is 5. The zero-order chi connectivity index (χ0) is 20.0. The van der Waals surface area contributed by atoms with Crippen LogP contribution in [-0.4, -0.2) is 38.1 Å². The maximum atomic E-state index is 12.7. The summed E-state index contributed by atoms with van der Waals surface area (Å²) in [6.07, 6.45) is -2.15. The number of hydrogen-bond donors (Lipinski definition) is 1. The Balaban J connectivity index is 1.70. The maximum Gasteiger partial charge on any atom is 0.416 e. The lowest BCUT2D eigenvalue weighted by atomic mass is 9.89. The van der Waals surface area contributed by atoms with Crippen LogP contribution in [0.1, 0.15) is 30.9 Å². The van der Waals surface area contributed by atoms with Gasteiger partial charge in [-0.3, -0.25) is 4.79 Å². The molecule has 4 atom stereocenters. The minimum atomic E-state index is -4.38. The summed E-state index contributed by atoms with van der Waals surface area (Å²) in [6, 6.07) is 4.88. The Hall–Kier alpha value is -1.61. The van der Waals surface area contributed by atoms with E-state index in [1.54, 1.807) is 4.90 Å². The number of hydrogen-bond acceptors (Lipinski definition) is 3. The van der Waals surface area contributed by atoms with Crippen LogP contribution in [-0.2, 0) is 27.5 Å². The highest BCUT2D eigenvalue weighted by Crippen LogP contribution is 2.46. The number of likely N-dealkylation sites (tertiary alicyclic amines) is 1. The number of amides is 1. The van der Waals surface area contributed by atoms with E-state index in [1.807, 2.05) is 6.92 Å². The first kappa shape index (κ1) is 20.1. The molecule has 1 heterocycles. The molecule has 1 aromatic rings. The van der Waals surface area contributed by atoms with Crippen molar-refractivity contribution in [1.29, 1.82) is 0 Å². The van der Waals surface area contributed by atoms with Gasteiger partial charge in [-0.25, -0.2) is 13.1 Å². The molecule has 1 N–H and O–H groups in total. The number of sulfonamides is 1. The van der Waals surface area contributed by atoms with Crippen molar-refractivity contribution in [2.45, 2.75) is 38.5 Å². The molecule has 0 radical (unpaired) electrons. The van der Waals surface area contributed by atoms with Crippen molar-refractivity contribution in [2.75, 3.05) is 12.8 Å². The standard InChI is InChI=1S/C18H23F3N2O3S/c1-11-7-16-14(15(11)9-22-27(2,25)26)8-17(24)23(16)10-12-3-5-13(6-4-12)18(19,20)21/h3-6,11,14-16,22H,7-10H2,1-2H3/t11-,14-,15+,16+/m0/s1. The van der Waals surface area contributed by atoms with Crippen LogP contribution in [0.15, 0.2) is 24.3 Å². The summed E-state index contributed by atoms with van der Waals surface area (Å²) in [4.78, 5) is 14.2. The molecule has 3 rings (SSSR count). The van der Waals surface area contributed by atoms with E-state index in [0.29, 0.717) is 18.5 Å². The normalized spacial score (nSPS) is 28.6. The molecule has 0 bridgehead atoms. The summed E-state index contributed by atoms with van der Waals surface area (Å²) in [5.41, 5.74) is -0.0550. The predicted octanol–water partition coefficient (Wildman–Crippen LogP) is 2.63.